The van der Waals surface area contributed by atoms with Crippen LogP contribution < -0.4 is 36.5 Å². The number of unbranched alkanes of at least 4 members (excludes halogenated alkanes) is 1. The molecule has 5 rings (SSSR count). The summed E-state index contributed by atoms with van der Waals surface area (Å²) in [6, 6.07) is 2.30. The number of amides is 2. The number of ether oxygens (including phenoxy) is 6. The third-order valence-corrected chi connectivity index (χ3v) is 10.1. The van der Waals surface area contributed by atoms with Crippen molar-refractivity contribution in [2.75, 3.05) is 121 Å². The molecule has 3 saturated heterocycles. The Bertz CT molecular complexity index is 1350. The van der Waals surface area contributed by atoms with Gasteiger partial charge in [0.1, 0.15) is 23.1 Å². The molecular formula is C32H52N10O8S2. The predicted molar refractivity (Wildman–Crippen MR) is 198 cm³/mol. The number of anilines is 3. The van der Waals surface area contributed by atoms with Crippen LogP contribution in [0, 0.1) is 0 Å². The van der Waals surface area contributed by atoms with Crippen LogP contribution in [0.4, 0.5) is 22.4 Å². The highest BCUT2D eigenvalue weighted by Gasteiger charge is 2.35. The number of carbonyl (C=O) groups excluding carboxylic acids is 2. The summed E-state index contributed by atoms with van der Waals surface area (Å²) in [6.07, 6.45) is 2.29. The molecule has 0 aliphatic carbocycles. The Morgan fingerprint density at radius 1 is 0.865 bits per heavy atom. The normalized spacial score (nSPS) is 18.2. The monoisotopic (exact) mass is 768 g/mol. The van der Waals surface area contributed by atoms with Crippen molar-refractivity contribution < 1.29 is 38.0 Å². The van der Waals surface area contributed by atoms with Gasteiger partial charge in [-0.1, -0.05) is 13.3 Å². The standard InChI is InChI=1S/C27H44N8O7S.C5H8N2OS/c1-4-5-6-22(36)42-18-17-41-16-15-40-14-13-39-12-11-34-7-9-35(10-8-34)26-32-24(37-2)23(25(33-26)38-3)43-27-30-20(28)19-21(29)31-27;8-5-6-3-1-9-2-4(3)7-5/h19H,4-18H2,1-3H3,(H4,28,29,30,31);3-4H,1-2H2,(H2,6,7,8). The van der Waals surface area contributed by atoms with Gasteiger partial charge in [0.15, 0.2) is 5.16 Å². The lowest BCUT2D eigenvalue weighted by atomic mass is 10.2. The van der Waals surface area contributed by atoms with Crippen molar-refractivity contribution in [1.29, 1.82) is 0 Å². The summed E-state index contributed by atoms with van der Waals surface area (Å²) in [4.78, 5) is 44.7. The minimum absolute atomic E-state index is 0.00491. The van der Waals surface area contributed by atoms with Crippen molar-refractivity contribution in [2.45, 2.75) is 48.3 Å². The summed E-state index contributed by atoms with van der Waals surface area (Å²) < 4.78 is 32.9. The topological polar surface area (TPSA) is 224 Å². The number of nitrogens with two attached hydrogens (primary N) is 2. The van der Waals surface area contributed by atoms with E-state index >= 15 is 0 Å². The molecule has 2 unspecified atom stereocenters. The van der Waals surface area contributed by atoms with Crippen LogP contribution in [0.3, 0.4) is 0 Å². The number of hydrogen-bond donors (Lipinski definition) is 4. The Kier molecular flexibility index (Phi) is 17.8. The molecule has 0 bridgehead atoms. The molecule has 6 N–H and O–H groups in total. The van der Waals surface area contributed by atoms with E-state index in [0.29, 0.717) is 85.9 Å². The number of hydrogen-bond acceptors (Lipinski definition) is 18. The van der Waals surface area contributed by atoms with Crippen LogP contribution >= 0.6 is 23.5 Å². The largest absolute Gasteiger partial charge is 0.480 e. The first-order chi connectivity index (χ1) is 25.3. The second-order valence-electron chi connectivity index (χ2n) is 11.8. The Balaban J connectivity index is 0.000000576. The summed E-state index contributed by atoms with van der Waals surface area (Å²) in [5, 5.41) is 6.03. The van der Waals surface area contributed by atoms with Gasteiger partial charge in [-0.2, -0.15) is 21.7 Å². The van der Waals surface area contributed by atoms with Crippen molar-refractivity contribution >= 4 is 53.1 Å². The molecule has 3 aliphatic heterocycles. The summed E-state index contributed by atoms with van der Waals surface area (Å²) in [5.41, 5.74) is 11.6. The van der Waals surface area contributed by atoms with E-state index < -0.39 is 0 Å². The fraction of sp³-hybridized carbons (Fsp3) is 0.688. The zero-order chi connectivity index (χ0) is 37.1. The molecule has 5 heterocycles. The lowest BCUT2D eigenvalue weighted by molar-refractivity contribution is -0.145. The summed E-state index contributed by atoms with van der Waals surface area (Å²) in [6.45, 7) is 9.22. The van der Waals surface area contributed by atoms with E-state index in [-0.39, 0.29) is 30.2 Å². The van der Waals surface area contributed by atoms with Gasteiger partial charge in [-0.25, -0.2) is 14.8 Å². The maximum absolute atomic E-state index is 11.4. The van der Waals surface area contributed by atoms with E-state index in [9.17, 15) is 9.59 Å². The molecule has 2 aromatic heterocycles. The SMILES string of the molecule is CCCCC(=O)OCCOCCOCCOCCN1CCN(c2nc(OC)c(Sc3nc(N)cc(N)n3)c(OC)n2)CC1.O=C1NC2CSCC2N1. The van der Waals surface area contributed by atoms with Crippen molar-refractivity contribution in [1.82, 2.24) is 35.5 Å². The zero-order valence-corrected chi connectivity index (χ0v) is 31.8. The van der Waals surface area contributed by atoms with E-state index in [0.717, 1.165) is 57.1 Å². The van der Waals surface area contributed by atoms with Gasteiger partial charge in [0, 0.05) is 56.7 Å². The van der Waals surface area contributed by atoms with Crippen molar-refractivity contribution in [2.24, 2.45) is 0 Å². The number of methoxy groups -OCH3 is 2. The highest BCUT2D eigenvalue weighted by Crippen LogP contribution is 2.40. The fourth-order valence-electron chi connectivity index (χ4n) is 5.24. The van der Waals surface area contributed by atoms with Gasteiger partial charge in [-0.15, -0.1) is 0 Å². The van der Waals surface area contributed by atoms with Crippen LogP contribution in [-0.2, 0) is 23.7 Å². The van der Waals surface area contributed by atoms with Gasteiger partial charge in [0.05, 0.1) is 65.9 Å². The number of nitrogen functional groups attached to an aromatic ring is 2. The van der Waals surface area contributed by atoms with Gasteiger partial charge >= 0.3 is 12.0 Å². The van der Waals surface area contributed by atoms with Crippen LogP contribution in [0.25, 0.3) is 0 Å². The third-order valence-electron chi connectivity index (χ3n) is 8.01. The molecule has 2 aromatic rings. The first-order valence-electron chi connectivity index (χ1n) is 17.4. The molecule has 290 valence electrons. The van der Waals surface area contributed by atoms with Crippen LogP contribution in [0.5, 0.6) is 11.8 Å². The molecule has 3 aliphatic rings. The Morgan fingerprint density at radius 3 is 1.98 bits per heavy atom. The maximum atomic E-state index is 11.4. The lowest BCUT2D eigenvalue weighted by Gasteiger charge is -2.34. The second-order valence-corrected chi connectivity index (χ2v) is 13.9. The maximum Gasteiger partial charge on any atom is 0.315 e. The van der Waals surface area contributed by atoms with E-state index in [4.69, 9.17) is 39.9 Å². The van der Waals surface area contributed by atoms with Crippen LogP contribution in [-0.4, -0.2) is 154 Å². The third kappa shape index (κ3) is 13.8. The highest BCUT2D eigenvalue weighted by molar-refractivity contribution is 7.99. The van der Waals surface area contributed by atoms with E-state index in [1.54, 1.807) is 0 Å². The fourth-order valence-corrected chi connectivity index (χ4v) is 7.43. The lowest BCUT2D eigenvalue weighted by Crippen LogP contribution is -2.48. The average molecular weight is 769 g/mol. The molecule has 0 saturated carbocycles. The van der Waals surface area contributed by atoms with E-state index in [2.05, 4.69) is 40.4 Å². The smallest absolute Gasteiger partial charge is 0.315 e. The molecular weight excluding hydrogens is 717 g/mol. The molecule has 52 heavy (non-hydrogen) atoms. The summed E-state index contributed by atoms with van der Waals surface area (Å²) in [7, 11) is 3.08. The molecule has 0 spiro atoms. The van der Waals surface area contributed by atoms with Gasteiger partial charge < -0.3 is 55.4 Å². The van der Waals surface area contributed by atoms with Gasteiger partial charge in [-0.3, -0.25) is 9.69 Å². The molecule has 2 atom stereocenters. The van der Waals surface area contributed by atoms with Crippen molar-refractivity contribution in [3.63, 3.8) is 0 Å². The van der Waals surface area contributed by atoms with E-state index in [1.165, 1.54) is 32.0 Å². The number of aromatic nitrogens is 4. The van der Waals surface area contributed by atoms with Gasteiger partial charge in [0.25, 0.3) is 0 Å². The Labute approximate surface area is 313 Å². The van der Waals surface area contributed by atoms with Crippen LogP contribution in [0.1, 0.15) is 26.2 Å². The Hall–Kier alpha value is -3.56. The molecule has 3 fully saturated rings. The highest BCUT2D eigenvalue weighted by atomic mass is 32.2. The Morgan fingerprint density at radius 2 is 1.42 bits per heavy atom. The predicted octanol–water partition coefficient (Wildman–Crippen LogP) is 1.29. The first-order valence-corrected chi connectivity index (χ1v) is 19.4. The van der Waals surface area contributed by atoms with Gasteiger partial charge in [0.2, 0.25) is 17.7 Å². The number of fused-ring (bicyclic) bond motifs is 1. The summed E-state index contributed by atoms with van der Waals surface area (Å²) >= 11 is 3.06. The number of carbonyl (C=O) groups is 2. The average Bonchev–Trinajstić information content (AvgIpc) is 3.72. The first kappa shape index (κ1) is 41.2. The van der Waals surface area contributed by atoms with Crippen molar-refractivity contribution in [3.8, 4) is 11.8 Å². The minimum Gasteiger partial charge on any atom is -0.480 e. The number of nitrogens with one attached hydrogen (secondary N) is 2. The molecule has 20 heteroatoms. The number of thioether (sulfide) groups is 1. The number of urea groups is 1. The minimum atomic E-state index is -0.172. The summed E-state index contributed by atoms with van der Waals surface area (Å²) in [5.74, 6) is 3.73. The number of rotatable bonds is 20. The van der Waals surface area contributed by atoms with Gasteiger partial charge in [-0.05, 0) is 18.2 Å². The molecule has 0 aromatic carbocycles. The van der Waals surface area contributed by atoms with Crippen LogP contribution in [0.2, 0.25) is 0 Å². The number of nitrogens with zero attached hydrogens (tertiary/aromatic N) is 6. The molecule has 18 nitrogen and oxygen atoms in total. The zero-order valence-electron chi connectivity index (χ0n) is 30.2. The number of piperazine rings is 1. The second kappa shape index (κ2) is 22.5. The molecule has 0 radical (unpaired) electrons. The molecule has 2 amide bonds. The van der Waals surface area contributed by atoms with Crippen LogP contribution in [0.15, 0.2) is 16.1 Å². The van der Waals surface area contributed by atoms with Crippen molar-refractivity contribution in [3.05, 3.63) is 6.07 Å². The number of esters is 1. The van der Waals surface area contributed by atoms with E-state index in [1.807, 2.05) is 18.7 Å². The quantitative estimate of drug-likeness (QED) is 0.0645.